The van der Waals surface area contributed by atoms with Crippen LogP contribution in [0.3, 0.4) is 0 Å². The lowest BCUT2D eigenvalue weighted by Crippen LogP contribution is -2.20. The van der Waals surface area contributed by atoms with E-state index in [0.717, 1.165) is 28.3 Å². The van der Waals surface area contributed by atoms with Gasteiger partial charge in [-0.3, -0.25) is 0 Å². The molecule has 2 rings (SSSR count). The van der Waals surface area contributed by atoms with E-state index >= 15 is 0 Å². The zero-order chi connectivity index (χ0) is 13.5. The van der Waals surface area contributed by atoms with Crippen molar-refractivity contribution in [2.75, 3.05) is 0 Å². The van der Waals surface area contributed by atoms with Crippen molar-refractivity contribution in [3.63, 3.8) is 0 Å². The minimum absolute atomic E-state index is 0.0366. The van der Waals surface area contributed by atoms with Crippen LogP contribution >= 0.6 is 11.6 Å². The van der Waals surface area contributed by atoms with E-state index in [2.05, 4.69) is 39.2 Å². The molecule has 0 aliphatic rings. The lowest BCUT2D eigenvalue weighted by atomic mass is 9.95. The van der Waals surface area contributed by atoms with Crippen molar-refractivity contribution < 1.29 is 0 Å². The molecule has 0 amide bonds. The fourth-order valence-corrected chi connectivity index (χ4v) is 2.39. The van der Waals surface area contributed by atoms with E-state index in [1.807, 2.05) is 18.2 Å². The molecule has 0 N–H and O–H groups in total. The maximum absolute atomic E-state index is 6.12. The van der Waals surface area contributed by atoms with Crippen molar-refractivity contribution in [3.05, 3.63) is 29.0 Å². The Kier molecular flexibility index (Phi) is 3.41. The van der Waals surface area contributed by atoms with Crippen LogP contribution in [0.2, 0.25) is 5.02 Å². The van der Waals surface area contributed by atoms with Crippen molar-refractivity contribution in [1.82, 2.24) is 9.55 Å². The Morgan fingerprint density at radius 2 is 2.00 bits per heavy atom. The first-order valence-corrected chi connectivity index (χ1v) is 6.90. The van der Waals surface area contributed by atoms with E-state index in [1.54, 1.807) is 0 Å². The van der Waals surface area contributed by atoms with Gasteiger partial charge in [0.05, 0.1) is 11.0 Å². The maximum Gasteiger partial charge on any atom is 0.115 e. The van der Waals surface area contributed by atoms with Gasteiger partial charge in [-0.2, -0.15) is 0 Å². The molecule has 0 bridgehead atoms. The summed E-state index contributed by atoms with van der Waals surface area (Å²) in [5.41, 5.74) is 2.21. The van der Waals surface area contributed by atoms with Crippen LogP contribution in [-0.4, -0.2) is 9.55 Å². The fourth-order valence-electron chi connectivity index (χ4n) is 2.22. The van der Waals surface area contributed by atoms with E-state index in [9.17, 15) is 0 Å². The number of imidazole rings is 1. The molecule has 1 unspecified atom stereocenters. The largest absolute Gasteiger partial charge is 0.325 e. The monoisotopic (exact) mass is 264 g/mol. The Morgan fingerprint density at radius 3 is 2.56 bits per heavy atom. The average Bonchev–Trinajstić information content (AvgIpc) is 2.66. The topological polar surface area (TPSA) is 17.8 Å². The zero-order valence-electron chi connectivity index (χ0n) is 11.8. The van der Waals surface area contributed by atoms with Gasteiger partial charge in [-0.05, 0) is 31.5 Å². The van der Waals surface area contributed by atoms with Crippen LogP contribution in [-0.2, 0) is 5.41 Å². The SMILES string of the molecule is CCC(C)n1c(C(C)(C)C)nc2ccc(Cl)cc21. The normalized spacial score (nSPS) is 14.1. The molecule has 18 heavy (non-hydrogen) atoms. The highest BCUT2D eigenvalue weighted by Crippen LogP contribution is 2.31. The quantitative estimate of drug-likeness (QED) is 0.750. The summed E-state index contributed by atoms with van der Waals surface area (Å²) in [7, 11) is 0. The van der Waals surface area contributed by atoms with E-state index in [1.165, 1.54) is 0 Å². The number of rotatable bonds is 2. The third kappa shape index (κ3) is 2.26. The van der Waals surface area contributed by atoms with Gasteiger partial charge in [0.1, 0.15) is 5.82 Å². The molecule has 98 valence electrons. The molecular weight excluding hydrogens is 244 g/mol. The molecule has 0 aliphatic carbocycles. The Hall–Kier alpha value is -1.02. The molecule has 1 heterocycles. The zero-order valence-corrected chi connectivity index (χ0v) is 12.5. The molecule has 1 atom stereocenters. The fraction of sp³-hybridized carbons (Fsp3) is 0.533. The third-order valence-electron chi connectivity index (χ3n) is 3.35. The van der Waals surface area contributed by atoms with Gasteiger partial charge in [-0.1, -0.05) is 39.3 Å². The van der Waals surface area contributed by atoms with Gasteiger partial charge in [-0.25, -0.2) is 4.98 Å². The molecule has 0 aliphatic heterocycles. The predicted molar refractivity (Wildman–Crippen MR) is 78.4 cm³/mol. The summed E-state index contributed by atoms with van der Waals surface area (Å²) in [4.78, 5) is 4.80. The Balaban J connectivity index is 2.78. The first kappa shape index (κ1) is 13.4. The van der Waals surface area contributed by atoms with Crippen LogP contribution in [0, 0.1) is 0 Å². The first-order valence-electron chi connectivity index (χ1n) is 6.52. The summed E-state index contributed by atoms with van der Waals surface area (Å²) in [6.07, 6.45) is 1.08. The third-order valence-corrected chi connectivity index (χ3v) is 3.59. The van der Waals surface area contributed by atoms with Crippen LogP contribution in [0.25, 0.3) is 11.0 Å². The number of halogens is 1. The van der Waals surface area contributed by atoms with E-state index in [-0.39, 0.29) is 5.41 Å². The highest BCUT2D eigenvalue weighted by Gasteiger charge is 2.24. The van der Waals surface area contributed by atoms with Crippen molar-refractivity contribution >= 4 is 22.6 Å². The minimum Gasteiger partial charge on any atom is -0.325 e. The van der Waals surface area contributed by atoms with Crippen molar-refractivity contribution in [2.45, 2.75) is 52.5 Å². The number of hydrogen-bond acceptors (Lipinski definition) is 1. The summed E-state index contributed by atoms with van der Waals surface area (Å²) in [5.74, 6) is 1.13. The Labute approximate surface area is 114 Å². The number of nitrogens with zero attached hydrogens (tertiary/aromatic N) is 2. The number of fused-ring (bicyclic) bond motifs is 1. The van der Waals surface area contributed by atoms with Gasteiger partial charge in [0.2, 0.25) is 0 Å². The van der Waals surface area contributed by atoms with Gasteiger partial charge in [-0.15, -0.1) is 0 Å². The summed E-state index contributed by atoms with van der Waals surface area (Å²) in [5, 5.41) is 0.771. The van der Waals surface area contributed by atoms with Crippen LogP contribution in [0.15, 0.2) is 18.2 Å². The summed E-state index contributed by atoms with van der Waals surface area (Å²) < 4.78 is 2.33. The lowest BCUT2D eigenvalue weighted by Gasteiger charge is -2.23. The van der Waals surface area contributed by atoms with Gasteiger partial charge in [0, 0.05) is 16.5 Å². The standard InChI is InChI=1S/C15H21ClN2/c1-6-10(2)18-13-9-11(16)7-8-12(13)17-14(18)15(3,4)5/h7-10H,6H2,1-5H3. The van der Waals surface area contributed by atoms with Crippen molar-refractivity contribution in [2.24, 2.45) is 0 Å². The van der Waals surface area contributed by atoms with Gasteiger partial charge < -0.3 is 4.57 Å². The number of benzene rings is 1. The van der Waals surface area contributed by atoms with Crippen LogP contribution in [0.5, 0.6) is 0 Å². The highest BCUT2D eigenvalue weighted by molar-refractivity contribution is 6.31. The average molecular weight is 265 g/mol. The molecule has 0 saturated carbocycles. The Bertz CT molecular complexity index is 564. The second-order valence-corrected chi connectivity index (χ2v) is 6.38. The molecule has 2 aromatic rings. The molecule has 2 nitrogen and oxygen atoms in total. The van der Waals surface area contributed by atoms with Gasteiger partial charge in [0.15, 0.2) is 0 Å². The second kappa shape index (κ2) is 4.58. The summed E-state index contributed by atoms with van der Waals surface area (Å²) >= 11 is 6.12. The van der Waals surface area contributed by atoms with Crippen molar-refractivity contribution in [1.29, 1.82) is 0 Å². The molecule has 0 radical (unpaired) electrons. The first-order chi connectivity index (χ1) is 8.34. The molecular formula is C15H21ClN2. The Morgan fingerprint density at radius 1 is 1.33 bits per heavy atom. The van der Waals surface area contributed by atoms with Gasteiger partial charge in [0.25, 0.3) is 0 Å². The minimum atomic E-state index is 0.0366. The van der Waals surface area contributed by atoms with E-state index in [0.29, 0.717) is 6.04 Å². The molecule has 3 heteroatoms. The molecule has 1 aromatic carbocycles. The summed E-state index contributed by atoms with van der Waals surface area (Å²) in [6, 6.07) is 6.36. The maximum atomic E-state index is 6.12. The second-order valence-electron chi connectivity index (χ2n) is 5.95. The molecule has 1 aromatic heterocycles. The van der Waals surface area contributed by atoms with Crippen LogP contribution in [0.1, 0.15) is 52.9 Å². The predicted octanol–water partition coefficient (Wildman–Crippen LogP) is 4.96. The molecule has 0 fully saturated rings. The van der Waals surface area contributed by atoms with E-state index in [4.69, 9.17) is 16.6 Å². The lowest BCUT2D eigenvalue weighted by molar-refractivity contribution is 0.452. The van der Waals surface area contributed by atoms with Crippen LogP contribution in [0.4, 0.5) is 0 Å². The smallest absolute Gasteiger partial charge is 0.115 e. The van der Waals surface area contributed by atoms with Crippen molar-refractivity contribution in [3.8, 4) is 0 Å². The highest BCUT2D eigenvalue weighted by atomic mass is 35.5. The summed E-state index contributed by atoms with van der Waals surface area (Å²) in [6.45, 7) is 11.0. The molecule has 0 spiro atoms. The molecule has 0 saturated heterocycles. The number of hydrogen-bond donors (Lipinski definition) is 0. The van der Waals surface area contributed by atoms with Gasteiger partial charge >= 0.3 is 0 Å². The van der Waals surface area contributed by atoms with E-state index < -0.39 is 0 Å². The van der Waals surface area contributed by atoms with Crippen LogP contribution < -0.4 is 0 Å². The number of aromatic nitrogens is 2.